The number of carbonyl (C=O) groups is 1. The summed E-state index contributed by atoms with van der Waals surface area (Å²) in [6, 6.07) is 3.80. The lowest BCUT2D eigenvalue weighted by Crippen LogP contribution is -2.30. The van der Waals surface area contributed by atoms with Crippen LogP contribution in [-0.2, 0) is 4.79 Å². The van der Waals surface area contributed by atoms with Crippen molar-refractivity contribution in [2.75, 3.05) is 11.4 Å². The Hall–Kier alpha value is -1.82. The molecule has 6 heteroatoms. The van der Waals surface area contributed by atoms with Crippen LogP contribution in [0.4, 0.5) is 5.13 Å². The molecule has 2 rings (SSSR count). The minimum atomic E-state index is 0.114. The van der Waals surface area contributed by atoms with E-state index in [1.165, 1.54) is 11.3 Å². The molecule has 0 bridgehead atoms. The molecule has 5 nitrogen and oxygen atoms in total. The Morgan fingerprint density at radius 3 is 2.85 bits per heavy atom. The van der Waals surface area contributed by atoms with Crippen LogP contribution < -0.4 is 4.90 Å². The second kappa shape index (κ2) is 7.09. The number of nitrogens with zero attached hydrogens (tertiary/aromatic N) is 4. The molecule has 0 aliphatic rings. The molecule has 0 aliphatic carbocycles. The first kappa shape index (κ1) is 14.6. The van der Waals surface area contributed by atoms with E-state index in [2.05, 4.69) is 22.1 Å². The minimum absolute atomic E-state index is 0.114. The SMILES string of the molecule is CCCCC(=O)N(CC)c1nnc(-c2cccnc2)s1. The molecule has 1 amide bonds. The van der Waals surface area contributed by atoms with Gasteiger partial charge in [0.25, 0.3) is 0 Å². The molecule has 2 heterocycles. The Morgan fingerprint density at radius 1 is 1.35 bits per heavy atom. The number of hydrogen-bond donors (Lipinski definition) is 0. The van der Waals surface area contributed by atoms with Gasteiger partial charge in [-0.2, -0.15) is 0 Å². The summed E-state index contributed by atoms with van der Waals surface area (Å²) in [5.41, 5.74) is 0.924. The van der Waals surface area contributed by atoms with E-state index in [-0.39, 0.29) is 5.91 Å². The molecule has 0 spiro atoms. The summed E-state index contributed by atoms with van der Waals surface area (Å²) in [6.07, 6.45) is 5.95. The van der Waals surface area contributed by atoms with E-state index in [4.69, 9.17) is 0 Å². The summed E-state index contributed by atoms with van der Waals surface area (Å²) in [5.74, 6) is 0.114. The molecular formula is C14H18N4OS. The first-order valence-electron chi connectivity index (χ1n) is 6.80. The summed E-state index contributed by atoms with van der Waals surface area (Å²) < 4.78 is 0. The van der Waals surface area contributed by atoms with Gasteiger partial charge in [-0.05, 0) is 25.5 Å². The molecule has 0 atom stereocenters. The lowest BCUT2D eigenvalue weighted by Gasteiger charge is -2.16. The van der Waals surface area contributed by atoms with Crippen LogP contribution in [0.5, 0.6) is 0 Å². The third kappa shape index (κ3) is 3.39. The molecule has 0 N–H and O–H groups in total. The summed E-state index contributed by atoms with van der Waals surface area (Å²) in [7, 11) is 0. The number of aromatic nitrogens is 3. The topological polar surface area (TPSA) is 59.0 Å². The number of pyridine rings is 1. The van der Waals surface area contributed by atoms with Crippen molar-refractivity contribution in [2.45, 2.75) is 33.1 Å². The van der Waals surface area contributed by atoms with Crippen molar-refractivity contribution in [3.05, 3.63) is 24.5 Å². The molecule has 0 fully saturated rings. The lowest BCUT2D eigenvalue weighted by molar-refractivity contribution is -0.118. The number of unbranched alkanes of at least 4 members (excludes halogenated alkanes) is 1. The molecule has 20 heavy (non-hydrogen) atoms. The van der Waals surface area contributed by atoms with E-state index < -0.39 is 0 Å². The van der Waals surface area contributed by atoms with Gasteiger partial charge in [0.2, 0.25) is 11.0 Å². The fourth-order valence-corrected chi connectivity index (χ4v) is 2.73. The number of carbonyl (C=O) groups excluding carboxylic acids is 1. The van der Waals surface area contributed by atoms with Crippen molar-refractivity contribution in [3.8, 4) is 10.6 Å². The zero-order chi connectivity index (χ0) is 14.4. The Bertz CT molecular complexity index is 555. The Labute approximate surface area is 122 Å². The maximum absolute atomic E-state index is 12.1. The highest BCUT2D eigenvalue weighted by Crippen LogP contribution is 2.28. The number of anilines is 1. The third-order valence-corrected chi connectivity index (χ3v) is 3.91. The van der Waals surface area contributed by atoms with Gasteiger partial charge in [-0.15, -0.1) is 10.2 Å². The normalized spacial score (nSPS) is 10.5. The highest BCUT2D eigenvalue weighted by molar-refractivity contribution is 7.18. The second-order valence-corrected chi connectivity index (χ2v) is 5.33. The van der Waals surface area contributed by atoms with Crippen LogP contribution in [0.3, 0.4) is 0 Å². The van der Waals surface area contributed by atoms with Crippen LogP contribution in [0.25, 0.3) is 10.6 Å². The number of amides is 1. The molecule has 2 aromatic rings. The van der Waals surface area contributed by atoms with Crippen molar-refractivity contribution in [3.63, 3.8) is 0 Å². The fraction of sp³-hybridized carbons (Fsp3) is 0.429. The van der Waals surface area contributed by atoms with Gasteiger partial charge >= 0.3 is 0 Å². The van der Waals surface area contributed by atoms with E-state index in [1.807, 2.05) is 19.1 Å². The van der Waals surface area contributed by atoms with E-state index in [1.54, 1.807) is 17.3 Å². The van der Waals surface area contributed by atoms with Gasteiger partial charge in [0.15, 0.2) is 5.01 Å². The summed E-state index contributed by atoms with van der Waals surface area (Å²) in [5, 5.41) is 9.74. The number of rotatable bonds is 6. The fourth-order valence-electron chi connectivity index (χ4n) is 1.81. The van der Waals surface area contributed by atoms with Crippen molar-refractivity contribution in [1.29, 1.82) is 0 Å². The van der Waals surface area contributed by atoms with Gasteiger partial charge in [-0.3, -0.25) is 14.7 Å². The van der Waals surface area contributed by atoms with Gasteiger partial charge in [-0.25, -0.2) is 0 Å². The average molecular weight is 290 g/mol. The highest BCUT2D eigenvalue weighted by atomic mass is 32.1. The minimum Gasteiger partial charge on any atom is -0.287 e. The van der Waals surface area contributed by atoms with Crippen molar-refractivity contribution in [2.24, 2.45) is 0 Å². The Balaban J connectivity index is 2.16. The first-order chi connectivity index (χ1) is 9.76. The molecule has 2 aromatic heterocycles. The summed E-state index contributed by atoms with van der Waals surface area (Å²) in [6.45, 7) is 4.65. The second-order valence-electron chi connectivity index (χ2n) is 4.37. The van der Waals surface area contributed by atoms with Crippen LogP contribution in [-0.4, -0.2) is 27.6 Å². The van der Waals surface area contributed by atoms with E-state index in [9.17, 15) is 4.79 Å². The average Bonchev–Trinajstić information content (AvgIpc) is 2.96. The largest absolute Gasteiger partial charge is 0.287 e. The molecule has 0 saturated carbocycles. The van der Waals surface area contributed by atoms with E-state index in [0.717, 1.165) is 23.4 Å². The van der Waals surface area contributed by atoms with Gasteiger partial charge < -0.3 is 0 Å². The highest BCUT2D eigenvalue weighted by Gasteiger charge is 2.18. The molecule has 0 radical (unpaired) electrons. The molecule has 106 valence electrons. The Morgan fingerprint density at radius 2 is 2.20 bits per heavy atom. The Kier molecular flexibility index (Phi) is 5.17. The first-order valence-corrected chi connectivity index (χ1v) is 7.62. The third-order valence-electron chi connectivity index (χ3n) is 2.92. The van der Waals surface area contributed by atoms with Crippen LogP contribution in [0.1, 0.15) is 33.1 Å². The van der Waals surface area contributed by atoms with Gasteiger partial charge in [0.1, 0.15) is 0 Å². The monoisotopic (exact) mass is 290 g/mol. The van der Waals surface area contributed by atoms with Crippen molar-refractivity contribution in [1.82, 2.24) is 15.2 Å². The summed E-state index contributed by atoms with van der Waals surface area (Å²) >= 11 is 1.42. The molecule has 0 aromatic carbocycles. The maximum atomic E-state index is 12.1. The van der Waals surface area contributed by atoms with Gasteiger partial charge in [-0.1, -0.05) is 24.7 Å². The summed E-state index contributed by atoms with van der Waals surface area (Å²) in [4.78, 5) is 17.9. The maximum Gasteiger partial charge on any atom is 0.228 e. The molecule has 0 aliphatic heterocycles. The van der Waals surface area contributed by atoms with E-state index in [0.29, 0.717) is 18.1 Å². The standard InChI is InChI=1S/C14H18N4OS/c1-3-5-8-12(19)18(4-2)14-17-16-13(20-14)11-7-6-9-15-10-11/h6-7,9-10H,3-5,8H2,1-2H3. The molecule has 0 unspecified atom stereocenters. The van der Waals surface area contributed by atoms with Crippen molar-refractivity contribution < 1.29 is 4.79 Å². The van der Waals surface area contributed by atoms with Crippen LogP contribution in [0, 0.1) is 0 Å². The predicted octanol–water partition coefficient (Wildman–Crippen LogP) is 3.14. The van der Waals surface area contributed by atoms with Crippen LogP contribution in [0.2, 0.25) is 0 Å². The number of hydrogen-bond acceptors (Lipinski definition) is 5. The quantitative estimate of drug-likeness (QED) is 0.820. The predicted molar refractivity (Wildman–Crippen MR) is 80.7 cm³/mol. The van der Waals surface area contributed by atoms with Crippen LogP contribution >= 0.6 is 11.3 Å². The molecule has 0 saturated heterocycles. The van der Waals surface area contributed by atoms with Crippen LogP contribution in [0.15, 0.2) is 24.5 Å². The zero-order valence-electron chi connectivity index (χ0n) is 11.7. The van der Waals surface area contributed by atoms with E-state index >= 15 is 0 Å². The molecular weight excluding hydrogens is 272 g/mol. The van der Waals surface area contributed by atoms with Gasteiger partial charge in [0.05, 0.1) is 0 Å². The smallest absolute Gasteiger partial charge is 0.228 e. The lowest BCUT2D eigenvalue weighted by atomic mass is 10.2. The van der Waals surface area contributed by atoms with Crippen molar-refractivity contribution >= 4 is 22.4 Å². The van der Waals surface area contributed by atoms with Gasteiger partial charge in [0, 0.05) is 30.9 Å². The zero-order valence-corrected chi connectivity index (χ0v) is 12.6.